The number of aryl methyl sites for hydroxylation is 1. The molecule has 1 aliphatic rings. The molecule has 3 rings (SSSR count). The van der Waals surface area contributed by atoms with Crippen LogP contribution in [0.4, 0.5) is 11.5 Å². The summed E-state index contributed by atoms with van der Waals surface area (Å²) in [6.07, 6.45) is 6.81. The predicted molar refractivity (Wildman–Crippen MR) is 74.3 cm³/mol. The molecule has 0 amide bonds. The lowest BCUT2D eigenvalue weighted by Gasteiger charge is -2.23. The van der Waals surface area contributed by atoms with Crippen LogP contribution in [0, 0.1) is 0 Å². The molecule has 2 heterocycles. The van der Waals surface area contributed by atoms with Crippen molar-refractivity contribution in [3.05, 3.63) is 47.9 Å². The number of para-hydroxylation sites is 1. The van der Waals surface area contributed by atoms with Crippen LogP contribution in [0.5, 0.6) is 0 Å². The van der Waals surface area contributed by atoms with Gasteiger partial charge in [0.1, 0.15) is 0 Å². The molecule has 4 nitrogen and oxygen atoms in total. The number of aromatic nitrogens is 2. The van der Waals surface area contributed by atoms with E-state index in [9.17, 15) is 5.11 Å². The van der Waals surface area contributed by atoms with Crippen LogP contribution in [0.1, 0.15) is 24.1 Å². The average molecular weight is 255 g/mol. The fourth-order valence-corrected chi connectivity index (χ4v) is 2.53. The maximum absolute atomic E-state index is 9.19. The highest BCUT2D eigenvalue weighted by atomic mass is 16.3. The highest BCUT2D eigenvalue weighted by Gasteiger charge is 2.17. The Morgan fingerprint density at radius 1 is 1.16 bits per heavy atom. The molecule has 4 heteroatoms. The smallest absolute Gasteiger partial charge is 0.151 e. The molecule has 1 aromatic heterocycles. The van der Waals surface area contributed by atoms with Gasteiger partial charge in [0.2, 0.25) is 0 Å². The lowest BCUT2D eigenvalue weighted by molar-refractivity contribution is 0.276. The van der Waals surface area contributed by atoms with Crippen molar-refractivity contribution < 1.29 is 5.11 Å². The number of anilines is 2. The summed E-state index contributed by atoms with van der Waals surface area (Å²) in [5.41, 5.74) is 3.18. The molecule has 0 atom stereocenters. The van der Waals surface area contributed by atoms with Crippen molar-refractivity contribution >= 4 is 11.5 Å². The van der Waals surface area contributed by atoms with E-state index in [0.29, 0.717) is 5.69 Å². The van der Waals surface area contributed by atoms with Crippen LogP contribution in [0.25, 0.3) is 0 Å². The first-order valence-corrected chi connectivity index (χ1v) is 6.66. The van der Waals surface area contributed by atoms with E-state index in [2.05, 4.69) is 39.1 Å². The van der Waals surface area contributed by atoms with Crippen LogP contribution < -0.4 is 4.90 Å². The lowest BCUT2D eigenvalue weighted by atomic mass is 10.1. The van der Waals surface area contributed by atoms with E-state index in [4.69, 9.17) is 0 Å². The van der Waals surface area contributed by atoms with Crippen molar-refractivity contribution in [2.45, 2.75) is 25.9 Å². The van der Waals surface area contributed by atoms with E-state index in [0.717, 1.165) is 25.2 Å². The van der Waals surface area contributed by atoms with Crippen LogP contribution in [0.2, 0.25) is 0 Å². The monoisotopic (exact) mass is 255 g/mol. The Labute approximate surface area is 112 Å². The quantitative estimate of drug-likeness (QED) is 0.895. The third kappa shape index (κ3) is 2.44. The van der Waals surface area contributed by atoms with Gasteiger partial charge in [-0.25, -0.2) is 4.98 Å². The van der Waals surface area contributed by atoms with Gasteiger partial charge in [-0.3, -0.25) is 4.98 Å². The fraction of sp³-hybridized carbons (Fsp3) is 0.333. The molecule has 2 aromatic rings. The Bertz CT molecular complexity index is 571. The predicted octanol–water partition coefficient (Wildman–Crippen LogP) is 2.44. The lowest BCUT2D eigenvalue weighted by Crippen LogP contribution is -2.19. The molecule has 0 saturated carbocycles. The Balaban J connectivity index is 2.03. The van der Waals surface area contributed by atoms with Crippen molar-refractivity contribution in [2.24, 2.45) is 0 Å². The molecule has 0 saturated heterocycles. The highest BCUT2D eigenvalue weighted by Crippen LogP contribution is 2.31. The molecular formula is C15H17N3O. The molecule has 0 spiro atoms. The Kier molecular flexibility index (Phi) is 3.42. The van der Waals surface area contributed by atoms with Crippen molar-refractivity contribution in [1.29, 1.82) is 0 Å². The van der Waals surface area contributed by atoms with Gasteiger partial charge in [0.05, 0.1) is 24.7 Å². The summed E-state index contributed by atoms with van der Waals surface area (Å²) in [6, 6.07) is 8.45. The van der Waals surface area contributed by atoms with Crippen molar-refractivity contribution in [3.63, 3.8) is 0 Å². The summed E-state index contributed by atoms with van der Waals surface area (Å²) in [4.78, 5) is 10.8. The first-order valence-electron chi connectivity index (χ1n) is 6.66. The summed E-state index contributed by atoms with van der Waals surface area (Å²) in [5.74, 6) is 0.820. The van der Waals surface area contributed by atoms with E-state index in [1.165, 1.54) is 17.7 Å². The molecule has 0 bridgehead atoms. The largest absolute Gasteiger partial charge is 0.390 e. The second-order valence-corrected chi connectivity index (χ2v) is 4.76. The molecule has 1 aromatic carbocycles. The maximum Gasteiger partial charge on any atom is 0.151 e. The summed E-state index contributed by atoms with van der Waals surface area (Å²) < 4.78 is 0. The van der Waals surface area contributed by atoms with Crippen LogP contribution in [-0.2, 0) is 13.0 Å². The normalized spacial score (nSPS) is 14.9. The number of nitrogens with zero attached hydrogens (tertiary/aromatic N) is 3. The number of aliphatic hydroxyl groups excluding tert-OH is 1. The molecule has 0 fully saturated rings. The van der Waals surface area contributed by atoms with Crippen LogP contribution in [-0.4, -0.2) is 21.6 Å². The van der Waals surface area contributed by atoms with E-state index in [1.807, 2.05) is 0 Å². The first kappa shape index (κ1) is 12.1. The summed E-state index contributed by atoms with van der Waals surface area (Å²) in [6.45, 7) is 0.872. The van der Waals surface area contributed by atoms with E-state index >= 15 is 0 Å². The maximum atomic E-state index is 9.19. The van der Waals surface area contributed by atoms with Gasteiger partial charge in [-0.1, -0.05) is 18.2 Å². The molecule has 19 heavy (non-hydrogen) atoms. The number of rotatable bonds is 2. The van der Waals surface area contributed by atoms with Crippen LogP contribution in [0.15, 0.2) is 36.7 Å². The first-order chi connectivity index (χ1) is 9.38. The summed E-state index contributed by atoms with van der Waals surface area (Å²) in [7, 11) is 0. The standard InChI is InChI=1S/C15H17N3O/c19-11-13-9-16-10-15(17-13)18-8-4-3-6-12-5-1-2-7-14(12)18/h1-2,5,7,9-10,19H,3-4,6,8,11H2. The second-order valence-electron chi connectivity index (χ2n) is 4.76. The fourth-order valence-electron chi connectivity index (χ4n) is 2.53. The Hall–Kier alpha value is -1.94. The van der Waals surface area contributed by atoms with E-state index in [-0.39, 0.29) is 6.61 Å². The van der Waals surface area contributed by atoms with Gasteiger partial charge in [-0.15, -0.1) is 0 Å². The van der Waals surface area contributed by atoms with E-state index < -0.39 is 0 Å². The number of hydrogen-bond acceptors (Lipinski definition) is 4. The molecule has 1 aliphatic heterocycles. The molecule has 0 unspecified atom stereocenters. The number of benzene rings is 1. The van der Waals surface area contributed by atoms with Crippen molar-refractivity contribution in [1.82, 2.24) is 9.97 Å². The summed E-state index contributed by atoms with van der Waals surface area (Å²) in [5, 5.41) is 9.19. The SMILES string of the molecule is OCc1cncc(N2CCCCc3ccccc32)n1. The molecular weight excluding hydrogens is 238 g/mol. The zero-order chi connectivity index (χ0) is 13.1. The zero-order valence-corrected chi connectivity index (χ0v) is 10.8. The highest BCUT2D eigenvalue weighted by molar-refractivity contribution is 5.64. The molecule has 0 aliphatic carbocycles. The number of hydrogen-bond donors (Lipinski definition) is 1. The van der Waals surface area contributed by atoms with Gasteiger partial charge >= 0.3 is 0 Å². The molecule has 98 valence electrons. The second kappa shape index (κ2) is 5.36. The van der Waals surface area contributed by atoms with Crippen molar-refractivity contribution in [2.75, 3.05) is 11.4 Å². The van der Waals surface area contributed by atoms with Gasteiger partial charge < -0.3 is 10.0 Å². The minimum atomic E-state index is -0.0731. The van der Waals surface area contributed by atoms with Crippen molar-refractivity contribution in [3.8, 4) is 0 Å². The Morgan fingerprint density at radius 2 is 2.05 bits per heavy atom. The third-order valence-electron chi connectivity index (χ3n) is 3.47. The van der Waals surface area contributed by atoms with Gasteiger partial charge in [-0.05, 0) is 30.9 Å². The van der Waals surface area contributed by atoms with Gasteiger partial charge in [0, 0.05) is 12.2 Å². The number of aliphatic hydroxyl groups is 1. The van der Waals surface area contributed by atoms with Gasteiger partial charge in [0.15, 0.2) is 5.82 Å². The van der Waals surface area contributed by atoms with Crippen LogP contribution >= 0.6 is 0 Å². The zero-order valence-electron chi connectivity index (χ0n) is 10.8. The van der Waals surface area contributed by atoms with Gasteiger partial charge in [0.25, 0.3) is 0 Å². The number of fused-ring (bicyclic) bond motifs is 1. The van der Waals surface area contributed by atoms with Crippen LogP contribution in [0.3, 0.4) is 0 Å². The minimum Gasteiger partial charge on any atom is -0.390 e. The Morgan fingerprint density at radius 3 is 2.95 bits per heavy atom. The van der Waals surface area contributed by atoms with Gasteiger partial charge in [-0.2, -0.15) is 0 Å². The molecule has 1 N–H and O–H groups in total. The minimum absolute atomic E-state index is 0.0731. The average Bonchev–Trinajstić information content (AvgIpc) is 2.69. The topological polar surface area (TPSA) is 49.3 Å². The van der Waals surface area contributed by atoms with E-state index in [1.54, 1.807) is 12.4 Å². The summed E-state index contributed by atoms with van der Waals surface area (Å²) >= 11 is 0. The third-order valence-corrected chi connectivity index (χ3v) is 3.47. The molecule has 0 radical (unpaired) electrons.